The van der Waals surface area contributed by atoms with Crippen molar-refractivity contribution in [3.8, 4) is 11.9 Å². The standard InChI is InChI=1S/C13H16N4OS/c1-18-12-11(17-5-6-19-13(17)16-12)8-15-10-4-2-3-9(10)7-14/h5-6,9-10,15H,2-4,8H2,1H3. The van der Waals surface area contributed by atoms with Gasteiger partial charge in [0.05, 0.1) is 19.1 Å². The van der Waals surface area contributed by atoms with Gasteiger partial charge >= 0.3 is 0 Å². The van der Waals surface area contributed by atoms with Crippen LogP contribution in [0.25, 0.3) is 4.96 Å². The van der Waals surface area contributed by atoms with E-state index in [1.54, 1.807) is 18.4 Å². The minimum atomic E-state index is 0.136. The minimum Gasteiger partial charge on any atom is -0.480 e. The Labute approximate surface area is 115 Å². The van der Waals surface area contributed by atoms with Crippen molar-refractivity contribution in [2.24, 2.45) is 5.92 Å². The van der Waals surface area contributed by atoms with Crippen molar-refractivity contribution in [3.63, 3.8) is 0 Å². The Kier molecular flexibility index (Phi) is 3.40. The van der Waals surface area contributed by atoms with Gasteiger partial charge in [-0.15, -0.1) is 11.3 Å². The molecule has 100 valence electrons. The lowest BCUT2D eigenvalue weighted by Gasteiger charge is -2.15. The van der Waals surface area contributed by atoms with Crippen LogP contribution in [0.1, 0.15) is 25.0 Å². The highest BCUT2D eigenvalue weighted by molar-refractivity contribution is 7.15. The van der Waals surface area contributed by atoms with Crippen molar-refractivity contribution in [2.75, 3.05) is 7.11 Å². The molecular weight excluding hydrogens is 260 g/mol. The zero-order valence-electron chi connectivity index (χ0n) is 10.8. The fourth-order valence-electron chi connectivity index (χ4n) is 2.72. The molecule has 5 nitrogen and oxygen atoms in total. The summed E-state index contributed by atoms with van der Waals surface area (Å²) in [5, 5.41) is 14.6. The second kappa shape index (κ2) is 5.19. The number of fused-ring (bicyclic) bond motifs is 1. The Hall–Kier alpha value is -1.58. The van der Waals surface area contributed by atoms with E-state index >= 15 is 0 Å². The molecule has 1 fully saturated rings. The maximum absolute atomic E-state index is 9.10. The molecule has 0 bridgehead atoms. The van der Waals surface area contributed by atoms with Crippen LogP contribution in [0.2, 0.25) is 0 Å². The Bertz CT molecular complexity index is 612. The van der Waals surface area contributed by atoms with Crippen molar-refractivity contribution in [1.82, 2.24) is 14.7 Å². The summed E-state index contributed by atoms with van der Waals surface area (Å²) in [4.78, 5) is 5.37. The molecule has 2 unspecified atom stereocenters. The van der Waals surface area contributed by atoms with Gasteiger partial charge in [-0.3, -0.25) is 4.40 Å². The van der Waals surface area contributed by atoms with Crippen LogP contribution in [0.5, 0.6) is 5.88 Å². The number of aromatic nitrogens is 2. The SMILES string of the molecule is COc1nc2sccn2c1CNC1CCCC1C#N. The van der Waals surface area contributed by atoms with E-state index in [9.17, 15) is 0 Å². The normalized spacial score (nSPS) is 22.7. The molecule has 3 rings (SSSR count). The van der Waals surface area contributed by atoms with Crippen LogP contribution in [-0.2, 0) is 6.54 Å². The van der Waals surface area contributed by atoms with Crippen LogP contribution in [0.4, 0.5) is 0 Å². The molecule has 0 aromatic carbocycles. The quantitative estimate of drug-likeness (QED) is 0.929. The summed E-state index contributed by atoms with van der Waals surface area (Å²) in [6.07, 6.45) is 5.22. The van der Waals surface area contributed by atoms with E-state index in [-0.39, 0.29) is 5.92 Å². The van der Waals surface area contributed by atoms with Gasteiger partial charge in [0, 0.05) is 24.2 Å². The van der Waals surface area contributed by atoms with Crippen LogP contribution >= 0.6 is 11.3 Å². The molecule has 1 N–H and O–H groups in total. The van der Waals surface area contributed by atoms with E-state index in [0.717, 1.165) is 29.9 Å². The highest BCUT2D eigenvalue weighted by Crippen LogP contribution is 2.27. The zero-order chi connectivity index (χ0) is 13.2. The molecule has 1 saturated carbocycles. The second-order valence-corrected chi connectivity index (χ2v) is 5.65. The first-order valence-corrected chi connectivity index (χ1v) is 7.33. The van der Waals surface area contributed by atoms with E-state index < -0.39 is 0 Å². The van der Waals surface area contributed by atoms with Gasteiger partial charge in [0.1, 0.15) is 5.69 Å². The molecule has 2 heterocycles. The molecule has 0 aliphatic heterocycles. The average molecular weight is 276 g/mol. The smallest absolute Gasteiger partial charge is 0.237 e. The summed E-state index contributed by atoms with van der Waals surface area (Å²) in [6.45, 7) is 0.684. The van der Waals surface area contributed by atoms with Gasteiger partial charge in [-0.25, -0.2) is 0 Å². The maximum Gasteiger partial charge on any atom is 0.237 e. The van der Waals surface area contributed by atoms with Crippen LogP contribution in [0.15, 0.2) is 11.6 Å². The number of nitriles is 1. The molecule has 1 aliphatic carbocycles. The molecule has 2 atom stereocenters. The van der Waals surface area contributed by atoms with Crippen molar-refractivity contribution in [2.45, 2.75) is 31.8 Å². The molecule has 0 spiro atoms. The predicted octanol–water partition coefficient (Wildman–Crippen LogP) is 2.19. The Morgan fingerprint density at radius 3 is 3.32 bits per heavy atom. The van der Waals surface area contributed by atoms with E-state index in [0.29, 0.717) is 18.5 Å². The van der Waals surface area contributed by atoms with Gasteiger partial charge in [-0.2, -0.15) is 10.2 Å². The fourth-order valence-corrected chi connectivity index (χ4v) is 3.45. The van der Waals surface area contributed by atoms with Gasteiger partial charge in [0.2, 0.25) is 5.88 Å². The van der Waals surface area contributed by atoms with Gasteiger partial charge < -0.3 is 10.1 Å². The third kappa shape index (κ3) is 2.20. The summed E-state index contributed by atoms with van der Waals surface area (Å²) >= 11 is 1.59. The van der Waals surface area contributed by atoms with Crippen molar-refractivity contribution >= 4 is 16.3 Å². The Balaban J connectivity index is 1.77. The van der Waals surface area contributed by atoms with E-state index in [1.807, 2.05) is 16.0 Å². The average Bonchev–Trinajstić information content (AvgIpc) is 3.11. The van der Waals surface area contributed by atoms with Crippen LogP contribution in [-0.4, -0.2) is 22.5 Å². The number of imidazole rings is 1. The molecule has 0 saturated heterocycles. The third-order valence-electron chi connectivity index (χ3n) is 3.73. The number of hydrogen-bond acceptors (Lipinski definition) is 5. The van der Waals surface area contributed by atoms with Crippen molar-refractivity contribution in [1.29, 1.82) is 5.26 Å². The monoisotopic (exact) mass is 276 g/mol. The van der Waals surface area contributed by atoms with Crippen LogP contribution < -0.4 is 10.1 Å². The van der Waals surface area contributed by atoms with Crippen molar-refractivity contribution in [3.05, 3.63) is 17.3 Å². The molecule has 0 radical (unpaired) electrons. The Morgan fingerprint density at radius 2 is 2.53 bits per heavy atom. The lowest BCUT2D eigenvalue weighted by molar-refractivity contribution is 0.387. The number of thiazole rings is 1. The number of rotatable bonds is 4. The maximum atomic E-state index is 9.10. The molecule has 6 heteroatoms. The number of nitrogens with one attached hydrogen (secondary N) is 1. The summed E-state index contributed by atoms with van der Waals surface area (Å²) in [5.74, 6) is 0.808. The summed E-state index contributed by atoms with van der Waals surface area (Å²) < 4.78 is 7.38. The number of methoxy groups -OCH3 is 1. The van der Waals surface area contributed by atoms with Gasteiger partial charge in [0.25, 0.3) is 0 Å². The lowest BCUT2D eigenvalue weighted by Crippen LogP contribution is -2.31. The van der Waals surface area contributed by atoms with Gasteiger partial charge in [-0.1, -0.05) is 6.42 Å². The number of ether oxygens (including phenoxy) is 1. The largest absolute Gasteiger partial charge is 0.480 e. The van der Waals surface area contributed by atoms with E-state index in [4.69, 9.17) is 10.00 Å². The summed E-state index contributed by atoms with van der Waals surface area (Å²) in [5.41, 5.74) is 1.03. The first-order chi connectivity index (χ1) is 9.33. The molecule has 0 amide bonds. The molecule has 19 heavy (non-hydrogen) atoms. The molecular formula is C13H16N4OS. The highest BCUT2D eigenvalue weighted by Gasteiger charge is 2.27. The van der Waals surface area contributed by atoms with Crippen molar-refractivity contribution < 1.29 is 4.74 Å². The first kappa shape index (κ1) is 12.5. The zero-order valence-corrected chi connectivity index (χ0v) is 11.6. The highest BCUT2D eigenvalue weighted by atomic mass is 32.1. The topological polar surface area (TPSA) is 62.4 Å². The third-order valence-corrected chi connectivity index (χ3v) is 4.49. The van der Waals surface area contributed by atoms with E-state index in [1.165, 1.54) is 0 Å². The minimum absolute atomic E-state index is 0.136. The second-order valence-electron chi connectivity index (χ2n) is 4.78. The summed E-state index contributed by atoms with van der Waals surface area (Å²) in [6, 6.07) is 2.68. The van der Waals surface area contributed by atoms with Gasteiger partial charge in [-0.05, 0) is 12.8 Å². The molecule has 1 aliphatic rings. The number of nitrogens with zero attached hydrogens (tertiary/aromatic N) is 3. The molecule has 2 aromatic heterocycles. The van der Waals surface area contributed by atoms with Crippen LogP contribution in [0.3, 0.4) is 0 Å². The molecule has 2 aromatic rings. The fraction of sp³-hybridized carbons (Fsp3) is 0.538. The first-order valence-electron chi connectivity index (χ1n) is 6.45. The van der Waals surface area contributed by atoms with Crippen LogP contribution in [0, 0.1) is 17.2 Å². The van der Waals surface area contributed by atoms with Gasteiger partial charge in [0.15, 0.2) is 4.96 Å². The summed E-state index contributed by atoms with van der Waals surface area (Å²) in [7, 11) is 1.64. The number of hydrogen-bond donors (Lipinski definition) is 1. The lowest BCUT2D eigenvalue weighted by atomic mass is 10.1. The predicted molar refractivity (Wildman–Crippen MR) is 73.2 cm³/mol. The Morgan fingerprint density at radius 1 is 1.63 bits per heavy atom. The van der Waals surface area contributed by atoms with E-state index in [2.05, 4.69) is 16.4 Å².